The van der Waals surface area contributed by atoms with Gasteiger partial charge in [-0.2, -0.15) is 0 Å². The van der Waals surface area contributed by atoms with Crippen LogP contribution in [0.25, 0.3) is 10.9 Å². The molecule has 0 radical (unpaired) electrons. The Balaban J connectivity index is 1.36. The summed E-state index contributed by atoms with van der Waals surface area (Å²) in [4.78, 5) is 49.4. The van der Waals surface area contributed by atoms with E-state index >= 15 is 0 Å². The summed E-state index contributed by atoms with van der Waals surface area (Å²) in [6.45, 7) is 7.47. The van der Waals surface area contributed by atoms with Crippen LogP contribution >= 0.6 is 23.5 Å². The lowest BCUT2D eigenvalue weighted by Gasteiger charge is -2.36. The fraction of sp³-hybridized carbons (Fsp3) is 0.379. The number of piperazine rings is 1. The molecular weight excluding hydrogens is 574 g/mol. The van der Waals surface area contributed by atoms with E-state index in [0.717, 1.165) is 42.1 Å². The first-order valence-corrected chi connectivity index (χ1v) is 15.3. The molecule has 1 amide bonds. The number of pyridine rings is 1. The third-order valence-electron chi connectivity index (χ3n) is 8.07. The van der Waals surface area contributed by atoms with Gasteiger partial charge in [-0.3, -0.25) is 23.9 Å². The van der Waals surface area contributed by atoms with Crippen LogP contribution < -0.4 is 25.4 Å². The van der Waals surface area contributed by atoms with Crippen molar-refractivity contribution in [2.45, 2.75) is 45.3 Å². The van der Waals surface area contributed by atoms with Crippen LogP contribution in [0.2, 0.25) is 5.15 Å². The van der Waals surface area contributed by atoms with Gasteiger partial charge in [0.05, 0.1) is 40.4 Å². The van der Waals surface area contributed by atoms with Crippen LogP contribution in [0.4, 0.5) is 17.5 Å². The summed E-state index contributed by atoms with van der Waals surface area (Å²) in [5.74, 6) is 1.23. The minimum atomic E-state index is -0.349. The van der Waals surface area contributed by atoms with E-state index in [2.05, 4.69) is 34.8 Å². The maximum Gasteiger partial charge on any atom is 0.281 e. The van der Waals surface area contributed by atoms with Crippen LogP contribution in [0, 0.1) is 13.8 Å². The number of fused-ring (bicyclic) bond motifs is 3. The van der Waals surface area contributed by atoms with Crippen LogP contribution in [-0.2, 0) is 7.05 Å². The van der Waals surface area contributed by atoms with E-state index < -0.39 is 0 Å². The van der Waals surface area contributed by atoms with Gasteiger partial charge in [-0.15, -0.1) is 0 Å². The Kier molecular flexibility index (Phi) is 7.44. The largest absolute Gasteiger partial charge is 0.377 e. The molecule has 13 heteroatoms. The zero-order chi connectivity index (χ0) is 29.7. The zero-order valence-electron chi connectivity index (χ0n) is 24.1. The maximum absolute atomic E-state index is 13.7. The molecule has 1 aromatic carbocycles. The summed E-state index contributed by atoms with van der Waals surface area (Å²) in [7, 11) is 1.79. The number of benzene rings is 1. The Morgan fingerprint density at radius 3 is 2.55 bits per heavy atom. The number of carbonyl (C=O) groups excluding carboxylic acids is 1. The fourth-order valence-corrected chi connectivity index (χ4v) is 6.59. The third-order valence-corrected chi connectivity index (χ3v) is 8.67. The Morgan fingerprint density at radius 1 is 1.10 bits per heavy atom. The summed E-state index contributed by atoms with van der Waals surface area (Å²) >= 11 is 7.30. The van der Waals surface area contributed by atoms with Gasteiger partial charge in [-0.25, -0.2) is 15.0 Å². The molecule has 2 saturated heterocycles. The van der Waals surface area contributed by atoms with Crippen molar-refractivity contribution < 1.29 is 4.79 Å². The molecule has 0 aliphatic carbocycles. The van der Waals surface area contributed by atoms with E-state index in [1.165, 1.54) is 11.9 Å². The molecule has 6 rings (SSSR count). The number of nitrogens with zero attached hydrogens (tertiary/aromatic N) is 7. The molecule has 2 aliphatic heterocycles. The molecule has 218 valence electrons. The highest BCUT2D eigenvalue weighted by Gasteiger charge is 2.45. The molecule has 4 aromatic rings. The normalized spacial score (nSPS) is 18.5. The molecule has 11 nitrogen and oxygen atoms in total. The molecule has 3 unspecified atom stereocenters. The molecule has 5 heterocycles. The predicted molar refractivity (Wildman–Crippen MR) is 168 cm³/mol. The minimum absolute atomic E-state index is 0.0928. The molecule has 0 spiro atoms. The number of aromatic nitrogens is 5. The van der Waals surface area contributed by atoms with Crippen molar-refractivity contribution in [3.05, 3.63) is 74.7 Å². The number of nitrogens with one attached hydrogen (secondary N) is 2. The van der Waals surface area contributed by atoms with Gasteiger partial charge in [0.25, 0.3) is 11.5 Å². The van der Waals surface area contributed by atoms with E-state index in [1.54, 1.807) is 42.4 Å². The highest BCUT2D eigenvalue weighted by molar-refractivity contribution is 7.97. The van der Waals surface area contributed by atoms with Crippen molar-refractivity contribution in [2.75, 3.05) is 34.5 Å². The summed E-state index contributed by atoms with van der Waals surface area (Å²) in [6.07, 6.45) is 6.18. The lowest BCUT2D eigenvalue weighted by atomic mass is 10.0. The molecule has 2 fully saturated rings. The van der Waals surface area contributed by atoms with Crippen molar-refractivity contribution in [1.29, 1.82) is 0 Å². The number of amides is 1. The van der Waals surface area contributed by atoms with Crippen molar-refractivity contribution in [3.8, 4) is 0 Å². The SMILES string of the molecule is CSNC(=O)c1nc(Cl)ccc1NC(C)c1cc(C)cc2c(=O)n(C)c(N3CC4CC3CN4c3nccnc3C)nc12. The van der Waals surface area contributed by atoms with Crippen LogP contribution in [-0.4, -0.2) is 61.8 Å². The topological polar surface area (TPSA) is 121 Å². The summed E-state index contributed by atoms with van der Waals surface area (Å²) < 4.78 is 4.37. The van der Waals surface area contributed by atoms with Gasteiger partial charge in [0, 0.05) is 44.4 Å². The van der Waals surface area contributed by atoms with Crippen molar-refractivity contribution in [2.24, 2.45) is 7.05 Å². The highest BCUT2D eigenvalue weighted by Crippen LogP contribution is 2.37. The number of aryl methyl sites for hydroxylation is 2. The number of halogens is 1. The lowest BCUT2D eigenvalue weighted by Crippen LogP contribution is -2.48. The Labute approximate surface area is 252 Å². The van der Waals surface area contributed by atoms with Gasteiger partial charge >= 0.3 is 0 Å². The molecule has 3 aromatic heterocycles. The first-order valence-electron chi connectivity index (χ1n) is 13.7. The summed E-state index contributed by atoms with van der Waals surface area (Å²) in [6, 6.07) is 7.47. The number of carbonyl (C=O) groups is 1. The van der Waals surface area contributed by atoms with E-state index in [-0.39, 0.29) is 40.4 Å². The van der Waals surface area contributed by atoms with E-state index in [4.69, 9.17) is 16.6 Å². The fourth-order valence-electron chi connectivity index (χ4n) is 6.16. The van der Waals surface area contributed by atoms with Crippen molar-refractivity contribution in [1.82, 2.24) is 29.2 Å². The average molecular weight is 606 g/mol. The van der Waals surface area contributed by atoms with Crippen molar-refractivity contribution >= 4 is 57.8 Å². The number of hydrogen-bond acceptors (Lipinski definition) is 10. The quantitative estimate of drug-likeness (QED) is 0.236. The molecule has 3 atom stereocenters. The second-order valence-electron chi connectivity index (χ2n) is 10.9. The van der Waals surface area contributed by atoms with Gasteiger partial charge in [0.2, 0.25) is 5.95 Å². The van der Waals surface area contributed by atoms with Gasteiger partial charge in [0.1, 0.15) is 11.0 Å². The van der Waals surface area contributed by atoms with Crippen LogP contribution in [0.3, 0.4) is 0 Å². The number of rotatable bonds is 7. The standard InChI is InChI=1S/C29H32ClN9O2S/c1-15-10-20(16(2)33-22-6-7-23(30)34-25(22)27(40)36-42-5)24-21(11-15)28(41)37(4)29(35-24)39-14-18-12-19(39)13-38(18)26-17(3)31-8-9-32-26/h6-11,16,18-19,33H,12-14H2,1-5H3,(H,36,40). The van der Waals surface area contributed by atoms with Crippen LogP contribution in [0.5, 0.6) is 0 Å². The van der Waals surface area contributed by atoms with Gasteiger partial charge < -0.3 is 15.1 Å². The Morgan fingerprint density at radius 2 is 1.83 bits per heavy atom. The summed E-state index contributed by atoms with van der Waals surface area (Å²) in [5, 5.41) is 4.20. The molecule has 2 N–H and O–H groups in total. The second-order valence-corrected chi connectivity index (χ2v) is 11.9. The van der Waals surface area contributed by atoms with E-state index in [0.29, 0.717) is 22.5 Å². The number of anilines is 3. The lowest BCUT2D eigenvalue weighted by molar-refractivity contribution is 0.0980. The molecule has 42 heavy (non-hydrogen) atoms. The van der Waals surface area contributed by atoms with E-state index in [1.807, 2.05) is 32.9 Å². The molecule has 0 saturated carbocycles. The molecular formula is C29H32ClN9O2S. The second kappa shape index (κ2) is 11.1. The maximum atomic E-state index is 13.7. The van der Waals surface area contributed by atoms with E-state index in [9.17, 15) is 9.59 Å². The Bertz CT molecular complexity index is 1760. The average Bonchev–Trinajstić information content (AvgIpc) is 3.57. The van der Waals surface area contributed by atoms with Crippen LogP contribution in [0.15, 0.2) is 41.5 Å². The van der Waals surface area contributed by atoms with Crippen molar-refractivity contribution in [3.63, 3.8) is 0 Å². The zero-order valence-corrected chi connectivity index (χ0v) is 25.6. The predicted octanol–water partition coefficient (Wildman–Crippen LogP) is 4.04. The third kappa shape index (κ3) is 4.92. The highest BCUT2D eigenvalue weighted by atomic mass is 35.5. The minimum Gasteiger partial charge on any atom is -0.377 e. The number of hydrogen-bond donors (Lipinski definition) is 2. The van der Waals surface area contributed by atoms with Gasteiger partial charge in [-0.05, 0) is 51.0 Å². The molecule has 2 aliphatic rings. The van der Waals surface area contributed by atoms with Crippen LogP contribution in [0.1, 0.15) is 46.7 Å². The smallest absolute Gasteiger partial charge is 0.281 e. The first kappa shape index (κ1) is 28.2. The van der Waals surface area contributed by atoms with Gasteiger partial charge in [-0.1, -0.05) is 29.6 Å². The monoisotopic (exact) mass is 605 g/mol. The Hall–Kier alpha value is -3.90. The summed E-state index contributed by atoms with van der Waals surface area (Å²) in [5.41, 5.74) is 4.00. The van der Waals surface area contributed by atoms with Gasteiger partial charge in [0.15, 0.2) is 5.69 Å². The molecule has 2 bridgehead atoms. The first-order chi connectivity index (χ1) is 20.2.